The van der Waals surface area contributed by atoms with Gasteiger partial charge < -0.3 is 20.1 Å². The molecule has 1 aromatic rings. The lowest BCUT2D eigenvalue weighted by molar-refractivity contribution is -0.141. The van der Waals surface area contributed by atoms with Gasteiger partial charge in [0.1, 0.15) is 12.2 Å². The van der Waals surface area contributed by atoms with Gasteiger partial charge in [0.2, 0.25) is 0 Å². The molecular formula is C18H29N2O7P. The van der Waals surface area contributed by atoms with Crippen LogP contribution in [-0.4, -0.2) is 74.5 Å². The monoisotopic (exact) mass is 416 g/mol. The van der Waals surface area contributed by atoms with Gasteiger partial charge in [0.25, 0.3) is 5.56 Å². The number of aromatic nitrogens is 2. The molecule has 1 aliphatic rings. The molecular weight excluding hydrogens is 387 g/mol. The first-order chi connectivity index (χ1) is 12.9. The van der Waals surface area contributed by atoms with Crippen molar-refractivity contribution in [3.05, 3.63) is 33.1 Å². The van der Waals surface area contributed by atoms with Gasteiger partial charge in [-0.15, -0.1) is 13.2 Å². The Morgan fingerprint density at radius 2 is 1.96 bits per heavy atom. The molecule has 0 aromatic carbocycles. The molecule has 2 unspecified atom stereocenters. The maximum Gasteiger partial charge on any atom is 0.333 e. The Hall–Kier alpha value is -1.67. The lowest BCUT2D eigenvalue weighted by Crippen LogP contribution is -2.43. The minimum absolute atomic E-state index is 0.0685. The summed E-state index contributed by atoms with van der Waals surface area (Å²) in [6, 6.07) is 1.16. The second kappa shape index (κ2) is 8.78. The van der Waals surface area contributed by atoms with Crippen LogP contribution >= 0.6 is 6.89 Å². The Bertz CT molecular complexity index is 871. The van der Waals surface area contributed by atoms with E-state index in [4.69, 9.17) is 9.84 Å². The van der Waals surface area contributed by atoms with Crippen molar-refractivity contribution < 1.29 is 24.9 Å². The maximum absolute atomic E-state index is 12.7. The summed E-state index contributed by atoms with van der Waals surface area (Å²) in [4.78, 5) is 35.8. The van der Waals surface area contributed by atoms with E-state index < -0.39 is 54.6 Å². The summed E-state index contributed by atoms with van der Waals surface area (Å²) >= 11 is 0. The Balaban J connectivity index is 2.24. The summed E-state index contributed by atoms with van der Waals surface area (Å²) in [6.45, 7) is 4.20. The molecule has 1 aliphatic heterocycles. The van der Waals surface area contributed by atoms with Crippen molar-refractivity contribution in [2.75, 3.05) is 19.5 Å². The molecule has 2 rings (SSSR count). The zero-order chi connectivity index (χ0) is 21.2. The van der Waals surface area contributed by atoms with Crippen molar-refractivity contribution in [2.24, 2.45) is 5.92 Å². The van der Waals surface area contributed by atoms with Gasteiger partial charge in [-0.05, 0) is 32.3 Å². The normalized spacial score (nSPS) is 26.3. The Kier molecular flexibility index (Phi) is 7.09. The van der Waals surface area contributed by atoms with Gasteiger partial charge in [-0.3, -0.25) is 18.7 Å². The largest absolute Gasteiger partial charge is 0.481 e. The van der Waals surface area contributed by atoms with E-state index in [2.05, 4.69) is 19.6 Å². The summed E-state index contributed by atoms with van der Waals surface area (Å²) < 4.78 is 7.74. The van der Waals surface area contributed by atoms with E-state index in [0.29, 0.717) is 6.42 Å². The molecule has 0 amide bonds. The maximum atomic E-state index is 12.7. The van der Waals surface area contributed by atoms with Gasteiger partial charge >= 0.3 is 11.7 Å². The fourth-order valence-electron chi connectivity index (χ4n) is 3.05. The lowest BCUT2D eigenvalue weighted by atomic mass is 10.1. The van der Waals surface area contributed by atoms with Crippen LogP contribution in [-0.2, 0) is 16.1 Å². The molecule has 1 saturated heterocycles. The highest BCUT2D eigenvalue weighted by molar-refractivity contribution is 7.72. The molecule has 3 N–H and O–H groups in total. The first-order valence-electron chi connectivity index (χ1n) is 9.16. The van der Waals surface area contributed by atoms with E-state index in [0.717, 1.165) is 21.4 Å². The number of rotatable bonds is 8. The van der Waals surface area contributed by atoms with E-state index in [-0.39, 0.29) is 13.0 Å². The Morgan fingerprint density at radius 3 is 2.54 bits per heavy atom. The molecule has 0 bridgehead atoms. The molecule has 1 fully saturated rings. The highest BCUT2D eigenvalue weighted by atomic mass is 31.2. The molecule has 10 heteroatoms. The molecule has 158 valence electrons. The van der Waals surface area contributed by atoms with Crippen molar-refractivity contribution in [1.82, 2.24) is 9.13 Å². The van der Waals surface area contributed by atoms with Crippen molar-refractivity contribution in [1.29, 1.82) is 0 Å². The molecule has 0 spiro atoms. The van der Waals surface area contributed by atoms with Crippen LogP contribution in [0, 0.1) is 5.92 Å². The standard InChI is InChI=1S/C18H29N2O7P/c1-11(17(24)25)5-8-19-13(21)6-9-20(18(19)26)16-15(23)14(22)12(27-16)7-10-28(2,3)4/h6,9,11-12,14-16,22-23H,2,5,7-8,10H2,1,3-4H3,(H,24,25)/t11?,12?,14-,15-,16-/m1/s1. The number of hydrogen-bond donors (Lipinski definition) is 3. The molecule has 0 radical (unpaired) electrons. The topological polar surface area (TPSA) is 131 Å². The summed E-state index contributed by atoms with van der Waals surface area (Å²) in [6.07, 6.45) is 2.47. The fraction of sp³-hybridized carbons (Fsp3) is 0.667. The van der Waals surface area contributed by atoms with Gasteiger partial charge in [-0.2, -0.15) is 0 Å². The second-order valence-corrected chi connectivity index (χ2v) is 12.3. The van der Waals surface area contributed by atoms with Crippen molar-refractivity contribution >= 4 is 19.2 Å². The van der Waals surface area contributed by atoms with Gasteiger partial charge in [0, 0.05) is 18.8 Å². The van der Waals surface area contributed by atoms with Crippen molar-refractivity contribution in [2.45, 2.75) is 50.8 Å². The van der Waals surface area contributed by atoms with Crippen molar-refractivity contribution in [3.8, 4) is 0 Å². The molecule has 2 heterocycles. The van der Waals surface area contributed by atoms with E-state index in [1.54, 1.807) is 0 Å². The highest BCUT2D eigenvalue weighted by Gasteiger charge is 2.44. The summed E-state index contributed by atoms with van der Waals surface area (Å²) in [5.41, 5.74) is -1.28. The zero-order valence-electron chi connectivity index (χ0n) is 16.4. The van der Waals surface area contributed by atoms with Gasteiger partial charge in [-0.1, -0.05) is 6.92 Å². The third kappa shape index (κ3) is 5.23. The van der Waals surface area contributed by atoms with Crippen LogP contribution in [0.5, 0.6) is 0 Å². The third-order valence-corrected chi connectivity index (χ3v) is 6.40. The number of carboxylic acid groups (broad SMARTS) is 1. The van der Waals surface area contributed by atoms with Crippen LogP contribution in [0.25, 0.3) is 0 Å². The second-order valence-electron chi connectivity index (χ2n) is 8.02. The van der Waals surface area contributed by atoms with E-state index in [1.165, 1.54) is 13.1 Å². The molecule has 0 aliphatic carbocycles. The summed E-state index contributed by atoms with van der Waals surface area (Å²) in [5.74, 6) is -1.73. The highest BCUT2D eigenvalue weighted by Crippen LogP contribution is 2.39. The van der Waals surface area contributed by atoms with Crippen LogP contribution in [0.4, 0.5) is 0 Å². The zero-order valence-corrected chi connectivity index (χ0v) is 17.3. The third-order valence-electron chi connectivity index (χ3n) is 4.93. The van der Waals surface area contributed by atoms with E-state index >= 15 is 0 Å². The smallest absolute Gasteiger partial charge is 0.333 e. The average molecular weight is 416 g/mol. The number of aliphatic hydroxyl groups is 2. The number of aliphatic hydroxyl groups excluding tert-OH is 2. The van der Waals surface area contributed by atoms with Crippen LogP contribution in [0.2, 0.25) is 0 Å². The first kappa shape index (κ1) is 22.6. The molecule has 1 aromatic heterocycles. The number of ether oxygens (including phenoxy) is 1. The van der Waals surface area contributed by atoms with Gasteiger partial charge in [0.15, 0.2) is 6.23 Å². The Labute approximate surface area is 163 Å². The number of hydrogen-bond acceptors (Lipinski definition) is 6. The molecule has 28 heavy (non-hydrogen) atoms. The van der Waals surface area contributed by atoms with Gasteiger partial charge in [0.05, 0.1) is 12.0 Å². The molecule has 0 saturated carbocycles. The minimum atomic E-state index is -1.34. The lowest BCUT2D eigenvalue weighted by Gasteiger charge is -2.19. The van der Waals surface area contributed by atoms with Gasteiger partial charge in [-0.25, -0.2) is 4.79 Å². The van der Waals surface area contributed by atoms with E-state index in [9.17, 15) is 24.6 Å². The predicted molar refractivity (Wildman–Crippen MR) is 108 cm³/mol. The van der Waals surface area contributed by atoms with Crippen LogP contribution in [0.3, 0.4) is 0 Å². The molecule has 9 nitrogen and oxygen atoms in total. The van der Waals surface area contributed by atoms with Crippen LogP contribution < -0.4 is 11.2 Å². The average Bonchev–Trinajstić information content (AvgIpc) is 2.87. The van der Waals surface area contributed by atoms with Crippen LogP contribution in [0.15, 0.2) is 21.9 Å². The first-order valence-corrected chi connectivity index (χ1v) is 12.2. The van der Waals surface area contributed by atoms with Crippen molar-refractivity contribution in [3.63, 3.8) is 0 Å². The minimum Gasteiger partial charge on any atom is -0.481 e. The number of carbonyl (C=O) groups is 1. The quantitative estimate of drug-likeness (QED) is 0.502. The predicted octanol–water partition coefficient (Wildman–Crippen LogP) is -0.161. The molecule has 5 atom stereocenters. The Morgan fingerprint density at radius 1 is 1.32 bits per heavy atom. The summed E-state index contributed by atoms with van der Waals surface area (Å²) in [5, 5.41) is 29.7. The van der Waals surface area contributed by atoms with E-state index in [1.807, 2.05) is 0 Å². The fourth-order valence-corrected chi connectivity index (χ4v) is 4.00. The SMILES string of the molecule is C=P(C)(C)CCC1O[C@@H](n2ccc(=O)n(CCC(C)C(=O)O)c2=O)[C@H](O)[C@@H]1O. The van der Waals surface area contributed by atoms with Crippen LogP contribution in [0.1, 0.15) is 26.0 Å². The summed E-state index contributed by atoms with van der Waals surface area (Å²) in [7, 11) is 0. The number of nitrogens with zero attached hydrogens (tertiary/aromatic N) is 2. The number of carboxylic acids is 1. The number of aliphatic carboxylic acids is 1.